The van der Waals surface area contributed by atoms with E-state index in [0.29, 0.717) is 29.4 Å². The van der Waals surface area contributed by atoms with Crippen molar-refractivity contribution in [1.29, 1.82) is 0 Å². The zero-order valence-electron chi connectivity index (χ0n) is 15.7. The van der Waals surface area contributed by atoms with Crippen LogP contribution in [-0.4, -0.2) is 46.6 Å². The van der Waals surface area contributed by atoms with Gasteiger partial charge in [-0.25, -0.2) is 9.78 Å². The highest BCUT2D eigenvalue weighted by molar-refractivity contribution is 7.98. The molecule has 0 unspecified atom stereocenters. The Hall–Kier alpha value is -2.61. The molecule has 0 radical (unpaired) electrons. The topological polar surface area (TPSA) is 85.5 Å². The standard InChI is InChI=1S/C19H23N3O4S/c1-5-22(10-13(2)3)17(23)11-25-19(24)16-7-6-8-20-18(16)27-12-15-9-14(4)26-21-15/h6-9H,2,5,10-12H2,1,3-4H3. The van der Waals surface area contributed by atoms with Crippen molar-refractivity contribution in [1.82, 2.24) is 15.0 Å². The molecule has 0 atom stereocenters. The van der Waals surface area contributed by atoms with Gasteiger partial charge in [-0.2, -0.15) is 0 Å². The van der Waals surface area contributed by atoms with Crippen molar-refractivity contribution in [2.45, 2.75) is 31.6 Å². The number of ether oxygens (including phenoxy) is 1. The number of carbonyl (C=O) groups is 2. The Labute approximate surface area is 162 Å². The molecule has 1 amide bonds. The molecule has 0 fully saturated rings. The normalized spacial score (nSPS) is 10.5. The van der Waals surface area contributed by atoms with E-state index in [-0.39, 0.29) is 12.5 Å². The lowest BCUT2D eigenvalue weighted by Crippen LogP contribution is -2.35. The van der Waals surface area contributed by atoms with Gasteiger partial charge in [-0.3, -0.25) is 4.79 Å². The molecular formula is C19H23N3O4S. The fraction of sp³-hybridized carbons (Fsp3) is 0.368. The lowest BCUT2D eigenvalue weighted by atomic mass is 10.3. The molecule has 0 saturated carbocycles. The van der Waals surface area contributed by atoms with E-state index >= 15 is 0 Å². The quantitative estimate of drug-likeness (QED) is 0.370. The van der Waals surface area contributed by atoms with Crippen LogP contribution in [0.1, 0.15) is 35.7 Å². The molecule has 0 aromatic carbocycles. The van der Waals surface area contributed by atoms with Gasteiger partial charge >= 0.3 is 5.97 Å². The number of rotatable bonds is 9. The van der Waals surface area contributed by atoms with E-state index in [0.717, 1.165) is 17.0 Å². The molecule has 8 heteroatoms. The van der Waals surface area contributed by atoms with Crippen LogP contribution in [0.3, 0.4) is 0 Å². The zero-order valence-corrected chi connectivity index (χ0v) is 16.5. The third-order valence-electron chi connectivity index (χ3n) is 3.55. The predicted molar refractivity (Wildman–Crippen MR) is 102 cm³/mol. The third-order valence-corrected chi connectivity index (χ3v) is 4.59. The van der Waals surface area contributed by atoms with Crippen molar-refractivity contribution in [3.8, 4) is 0 Å². The largest absolute Gasteiger partial charge is 0.452 e. The van der Waals surface area contributed by atoms with Crippen LogP contribution >= 0.6 is 11.8 Å². The van der Waals surface area contributed by atoms with Gasteiger partial charge in [0.05, 0.1) is 11.3 Å². The van der Waals surface area contributed by atoms with E-state index in [1.54, 1.807) is 23.2 Å². The van der Waals surface area contributed by atoms with E-state index in [2.05, 4.69) is 16.7 Å². The number of aromatic nitrogens is 2. The first-order valence-corrected chi connectivity index (χ1v) is 9.48. The number of likely N-dealkylation sites (N-methyl/N-ethyl adjacent to an activating group) is 1. The van der Waals surface area contributed by atoms with Crippen molar-refractivity contribution < 1.29 is 18.8 Å². The molecule has 0 aliphatic heterocycles. The summed E-state index contributed by atoms with van der Waals surface area (Å²) in [6.07, 6.45) is 1.60. The minimum Gasteiger partial charge on any atom is -0.452 e. The van der Waals surface area contributed by atoms with Crippen LogP contribution in [0.25, 0.3) is 0 Å². The van der Waals surface area contributed by atoms with E-state index in [9.17, 15) is 9.59 Å². The van der Waals surface area contributed by atoms with E-state index in [4.69, 9.17) is 9.26 Å². The number of pyridine rings is 1. The van der Waals surface area contributed by atoms with Crippen LogP contribution in [0.15, 0.2) is 46.1 Å². The number of hydrogen-bond acceptors (Lipinski definition) is 7. The number of nitrogens with zero attached hydrogens (tertiary/aromatic N) is 3. The maximum atomic E-state index is 12.4. The Morgan fingerprint density at radius 1 is 1.41 bits per heavy atom. The summed E-state index contributed by atoms with van der Waals surface area (Å²) in [4.78, 5) is 30.5. The van der Waals surface area contributed by atoms with E-state index in [1.807, 2.05) is 26.8 Å². The third kappa shape index (κ3) is 6.25. The number of amides is 1. The van der Waals surface area contributed by atoms with Crippen molar-refractivity contribution in [2.75, 3.05) is 19.7 Å². The molecule has 0 N–H and O–H groups in total. The monoisotopic (exact) mass is 389 g/mol. The number of carbonyl (C=O) groups excluding carboxylic acids is 2. The highest BCUT2D eigenvalue weighted by Crippen LogP contribution is 2.24. The van der Waals surface area contributed by atoms with Crippen LogP contribution in [0.4, 0.5) is 0 Å². The summed E-state index contributed by atoms with van der Waals surface area (Å²) in [5, 5.41) is 4.44. The number of aryl methyl sites for hydroxylation is 1. The summed E-state index contributed by atoms with van der Waals surface area (Å²) >= 11 is 1.35. The second kappa shape index (κ2) is 9.91. The Morgan fingerprint density at radius 2 is 2.19 bits per heavy atom. The SMILES string of the molecule is C=C(C)CN(CC)C(=O)COC(=O)c1cccnc1SCc1cc(C)on1. The molecule has 0 aliphatic carbocycles. The molecule has 2 heterocycles. The highest BCUT2D eigenvalue weighted by atomic mass is 32.2. The molecule has 27 heavy (non-hydrogen) atoms. The molecule has 2 aromatic heterocycles. The molecule has 0 aliphatic rings. The molecule has 144 valence electrons. The summed E-state index contributed by atoms with van der Waals surface area (Å²) in [5.41, 5.74) is 1.94. The number of esters is 1. The number of thioether (sulfide) groups is 1. The van der Waals surface area contributed by atoms with Gasteiger partial charge in [0.25, 0.3) is 5.91 Å². The minimum atomic E-state index is -0.582. The summed E-state index contributed by atoms with van der Waals surface area (Å²) in [6, 6.07) is 5.11. The molecule has 2 rings (SSSR count). The maximum Gasteiger partial charge on any atom is 0.341 e. The average molecular weight is 389 g/mol. The summed E-state index contributed by atoms with van der Waals surface area (Å²) in [6.45, 7) is 9.97. The Balaban J connectivity index is 1.97. The van der Waals surface area contributed by atoms with Crippen LogP contribution in [-0.2, 0) is 15.3 Å². The van der Waals surface area contributed by atoms with Crippen LogP contribution in [0.5, 0.6) is 0 Å². The van der Waals surface area contributed by atoms with Gasteiger partial charge in [-0.1, -0.05) is 29.1 Å². The smallest absolute Gasteiger partial charge is 0.341 e. The first-order chi connectivity index (χ1) is 12.9. The molecule has 0 saturated heterocycles. The molecule has 7 nitrogen and oxygen atoms in total. The predicted octanol–water partition coefficient (Wildman–Crippen LogP) is 3.25. The lowest BCUT2D eigenvalue weighted by Gasteiger charge is -2.20. The van der Waals surface area contributed by atoms with Gasteiger partial charge in [0, 0.05) is 31.1 Å². The Morgan fingerprint density at radius 3 is 2.81 bits per heavy atom. The van der Waals surface area contributed by atoms with Gasteiger partial charge in [0.15, 0.2) is 6.61 Å². The van der Waals surface area contributed by atoms with Gasteiger partial charge < -0.3 is 14.2 Å². The van der Waals surface area contributed by atoms with Gasteiger partial charge in [-0.05, 0) is 32.9 Å². The first kappa shape index (κ1) is 20.7. The van der Waals surface area contributed by atoms with Gasteiger partial charge in [0.1, 0.15) is 10.8 Å². The summed E-state index contributed by atoms with van der Waals surface area (Å²) in [5.74, 6) is 0.391. The fourth-order valence-corrected chi connectivity index (χ4v) is 3.15. The van der Waals surface area contributed by atoms with Crippen LogP contribution in [0, 0.1) is 6.92 Å². The van der Waals surface area contributed by atoms with Crippen LogP contribution < -0.4 is 0 Å². The molecule has 2 aromatic rings. The molecular weight excluding hydrogens is 366 g/mol. The van der Waals surface area contributed by atoms with E-state index < -0.39 is 5.97 Å². The lowest BCUT2D eigenvalue weighted by molar-refractivity contribution is -0.133. The van der Waals surface area contributed by atoms with Crippen molar-refractivity contribution in [3.63, 3.8) is 0 Å². The second-order valence-corrected chi connectivity index (χ2v) is 6.98. The van der Waals surface area contributed by atoms with Gasteiger partial charge in [0.2, 0.25) is 0 Å². The summed E-state index contributed by atoms with van der Waals surface area (Å²) in [7, 11) is 0. The first-order valence-electron chi connectivity index (χ1n) is 8.50. The molecule has 0 bridgehead atoms. The molecule has 0 spiro atoms. The zero-order chi connectivity index (χ0) is 19.8. The van der Waals surface area contributed by atoms with Crippen molar-refractivity contribution >= 4 is 23.6 Å². The second-order valence-electron chi connectivity index (χ2n) is 6.01. The fourth-order valence-electron chi connectivity index (χ4n) is 2.29. The minimum absolute atomic E-state index is 0.259. The highest BCUT2D eigenvalue weighted by Gasteiger charge is 2.18. The average Bonchev–Trinajstić information content (AvgIpc) is 3.07. The Kier molecular flexibility index (Phi) is 7.60. The number of hydrogen-bond donors (Lipinski definition) is 0. The van der Waals surface area contributed by atoms with Crippen molar-refractivity contribution in [2.24, 2.45) is 0 Å². The van der Waals surface area contributed by atoms with E-state index in [1.165, 1.54) is 11.8 Å². The van der Waals surface area contributed by atoms with Crippen molar-refractivity contribution in [3.05, 3.63) is 53.6 Å². The maximum absolute atomic E-state index is 12.4. The van der Waals surface area contributed by atoms with Gasteiger partial charge in [-0.15, -0.1) is 0 Å². The summed E-state index contributed by atoms with van der Waals surface area (Å²) < 4.78 is 10.2. The van der Waals surface area contributed by atoms with Crippen LogP contribution in [0.2, 0.25) is 0 Å². The Bertz CT molecular complexity index is 819.